The first-order valence-corrected chi connectivity index (χ1v) is 5.42. The van der Waals surface area contributed by atoms with Gasteiger partial charge in [-0.3, -0.25) is 0 Å². The molecule has 1 aromatic heterocycles. The van der Waals surface area contributed by atoms with Gasteiger partial charge < -0.3 is 10.3 Å². The van der Waals surface area contributed by atoms with Crippen molar-refractivity contribution in [3.05, 3.63) is 11.3 Å². The van der Waals surface area contributed by atoms with E-state index >= 15 is 0 Å². The Hall–Kier alpha value is -0.990. The molecule has 14 heavy (non-hydrogen) atoms. The van der Waals surface area contributed by atoms with Crippen LogP contribution in [0.25, 0.3) is 0 Å². The molecule has 0 aromatic carbocycles. The van der Waals surface area contributed by atoms with Gasteiger partial charge in [0.15, 0.2) is 0 Å². The van der Waals surface area contributed by atoms with Crippen LogP contribution in [0.4, 0.5) is 5.88 Å². The molecule has 0 fully saturated rings. The second kappa shape index (κ2) is 5.03. The third kappa shape index (κ3) is 2.28. The molecule has 80 valence electrons. The number of nitrogens with zero attached hydrogens (tertiary/aromatic N) is 1. The highest BCUT2D eigenvalue weighted by Crippen LogP contribution is 2.30. The van der Waals surface area contributed by atoms with Gasteiger partial charge in [0.05, 0.1) is 5.69 Å². The van der Waals surface area contributed by atoms with Crippen molar-refractivity contribution in [2.75, 3.05) is 5.73 Å². The molecule has 0 aliphatic heterocycles. The minimum absolute atomic E-state index is 0.470. The molecule has 3 heteroatoms. The Labute approximate surface area is 85.7 Å². The fourth-order valence-corrected chi connectivity index (χ4v) is 1.86. The van der Waals surface area contributed by atoms with Crippen LogP contribution in [-0.4, -0.2) is 5.16 Å². The summed E-state index contributed by atoms with van der Waals surface area (Å²) in [6, 6.07) is 0. The highest BCUT2D eigenvalue weighted by molar-refractivity contribution is 5.38. The van der Waals surface area contributed by atoms with Crippen molar-refractivity contribution in [1.82, 2.24) is 5.16 Å². The Morgan fingerprint density at radius 3 is 2.21 bits per heavy atom. The van der Waals surface area contributed by atoms with Crippen LogP contribution in [0.5, 0.6) is 0 Å². The Bertz CT molecular complexity index is 275. The number of hydrogen-bond donors (Lipinski definition) is 1. The van der Waals surface area contributed by atoms with Gasteiger partial charge >= 0.3 is 0 Å². The van der Waals surface area contributed by atoms with Crippen LogP contribution in [0.15, 0.2) is 4.52 Å². The summed E-state index contributed by atoms with van der Waals surface area (Å²) < 4.78 is 5.00. The van der Waals surface area contributed by atoms with Gasteiger partial charge in [-0.25, -0.2) is 0 Å². The molecule has 1 aromatic rings. The second-order valence-corrected chi connectivity index (χ2v) is 3.83. The van der Waals surface area contributed by atoms with Gasteiger partial charge in [-0.2, -0.15) is 0 Å². The van der Waals surface area contributed by atoms with Crippen LogP contribution in [0.2, 0.25) is 0 Å². The summed E-state index contributed by atoms with van der Waals surface area (Å²) in [6.45, 7) is 6.38. The minimum Gasteiger partial charge on any atom is -0.367 e. The van der Waals surface area contributed by atoms with Crippen molar-refractivity contribution in [3.8, 4) is 0 Å². The smallest absolute Gasteiger partial charge is 0.225 e. The quantitative estimate of drug-likeness (QED) is 0.786. The predicted molar refractivity (Wildman–Crippen MR) is 58.2 cm³/mol. The zero-order chi connectivity index (χ0) is 10.6. The van der Waals surface area contributed by atoms with Gasteiger partial charge in [-0.15, -0.1) is 0 Å². The lowest BCUT2D eigenvalue weighted by Crippen LogP contribution is -2.01. The molecule has 0 spiro atoms. The second-order valence-electron chi connectivity index (χ2n) is 3.83. The van der Waals surface area contributed by atoms with Gasteiger partial charge in [0.25, 0.3) is 0 Å². The molecule has 0 saturated carbocycles. The van der Waals surface area contributed by atoms with Crippen LogP contribution in [0.1, 0.15) is 56.7 Å². The minimum atomic E-state index is 0.470. The van der Waals surface area contributed by atoms with Crippen LogP contribution in [0, 0.1) is 6.92 Å². The lowest BCUT2D eigenvalue weighted by atomic mass is 9.93. The van der Waals surface area contributed by atoms with E-state index < -0.39 is 0 Å². The SMILES string of the molecule is CCCC(CCC)c1noc(N)c1C. The van der Waals surface area contributed by atoms with E-state index in [1.165, 1.54) is 25.7 Å². The lowest BCUT2D eigenvalue weighted by molar-refractivity contribution is 0.411. The zero-order valence-corrected chi connectivity index (χ0v) is 9.34. The van der Waals surface area contributed by atoms with E-state index in [0.29, 0.717) is 11.8 Å². The molecule has 3 nitrogen and oxygen atoms in total. The number of nitrogen functional groups attached to an aromatic ring is 1. The molecular weight excluding hydrogens is 176 g/mol. The van der Waals surface area contributed by atoms with E-state index in [1.54, 1.807) is 0 Å². The van der Waals surface area contributed by atoms with Crippen LogP contribution in [0.3, 0.4) is 0 Å². The first-order valence-electron chi connectivity index (χ1n) is 5.42. The van der Waals surface area contributed by atoms with Gasteiger partial charge in [0.2, 0.25) is 5.88 Å². The average molecular weight is 196 g/mol. The Balaban J connectivity index is 2.81. The highest BCUT2D eigenvalue weighted by atomic mass is 16.5. The molecule has 0 atom stereocenters. The van der Waals surface area contributed by atoms with E-state index in [9.17, 15) is 0 Å². The summed E-state index contributed by atoms with van der Waals surface area (Å²) >= 11 is 0. The summed E-state index contributed by atoms with van der Waals surface area (Å²) in [5.41, 5.74) is 7.73. The van der Waals surface area contributed by atoms with Crippen molar-refractivity contribution >= 4 is 5.88 Å². The van der Waals surface area contributed by atoms with Gasteiger partial charge in [0, 0.05) is 11.5 Å². The standard InChI is InChI=1S/C11H20N2O/c1-4-6-9(7-5-2)10-8(3)11(12)14-13-10/h9H,4-7,12H2,1-3H3. The maximum Gasteiger partial charge on any atom is 0.225 e. The van der Waals surface area contributed by atoms with E-state index in [-0.39, 0.29) is 0 Å². The molecule has 0 radical (unpaired) electrons. The number of hydrogen-bond acceptors (Lipinski definition) is 3. The van der Waals surface area contributed by atoms with Crippen molar-refractivity contribution in [1.29, 1.82) is 0 Å². The van der Waals surface area contributed by atoms with Crippen LogP contribution in [-0.2, 0) is 0 Å². The number of rotatable bonds is 5. The molecule has 1 heterocycles. The molecule has 0 aliphatic rings. The van der Waals surface area contributed by atoms with Crippen molar-refractivity contribution in [2.45, 2.75) is 52.4 Å². The maximum absolute atomic E-state index is 5.64. The number of anilines is 1. The largest absolute Gasteiger partial charge is 0.367 e. The monoisotopic (exact) mass is 196 g/mol. The van der Waals surface area contributed by atoms with Crippen LogP contribution < -0.4 is 5.73 Å². The molecule has 0 bridgehead atoms. The van der Waals surface area contributed by atoms with E-state index in [1.807, 2.05) is 6.92 Å². The molecular formula is C11H20N2O. The molecule has 2 N–H and O–H groups in total. The topological polar surface area (TPSA) is 52.0 Å². The Morgan fingerprint density at radius 2 is 1.86 bits per heavy atom. The van der Waals surface area contributed by atoms with Crippen LogP contribution >= 0.6 is 0 Å². The van der Waals surface area contributed by atoms with E-state index in [4.69, 9.17) is 10.3 Å². The van der Waals surface area contributed by atoms with Gasteiger partial charge in [-0.05, 0) is 19.8 Å². The molecule has 0 amide bonds. The van der Waals surface area contributed by atoms with E-state index in [0.717, 1.165) is 11.3 Å². The van der Waals surface area contributed by atoms with Crippen molar-refractivity contribution in [2.24, 2.45) is 0 Å². The normalized spacial score (nSPS) is 11.1. The summed E-state index contributed by atoms with van der Waals surface area (Å²) in [4.78, 5) is 0. The molecule has 0 aliphatic carbocycles. The molecule has 0 saturated heterocycles. The average Bonchev–Trinajstić information content (AvgIpc) is 2.48. The van der Waals surface area contributed by atoms with Crippen molar-refractivity contribution < 1.29 is 4.52 Å². The van der Waals surface area contributed by atoms with Gasteiger partial charge in [0.1, 0.15) is 0 Å². The van der Waals surface area contributed by atoms with Gasteiger partial charge in [-0.1, -0.05) is 31.8 Å². The fourth-order valence-electron chi connectivity index (χ4n) is 1.86. The zero-order valence-electron chi connectivity index (χ0n) is 9.34. The summed E-state index contributed by atoms with van der Waals surface area (Å²) in [7, 11) is 0. The number of aromatic nitrogens is 1. The van der Waals surface area contributed by atoms with Crippen molar-refractivity contribution in [3.63, 3.8) is 0 Å². The summed E-state index contributed by atoms with van der Waals surface area (Å²) in [6.07, 6.45) is 4.69. The molecule has 1 rings (SSSR count). The fraction of sp³-hybridized carbons (Fsp3) is 0.727. The Kier molecular flexibility index (Phi) is 3.98. The third-order valence-corrected chi connectivity index (χ3v) is 2.66. The number of nitrogens with two attached hydrogens (primary N) is 1. The Morgan fingerprint density at radius 1 is 1.29 bits per heavy atom. The summed E-state index contributed by atoms with van der Waals surface area (Å²) in [5.74, 6) is 0.989. The first kappa shape index (κ1) is 11.1. The predicted octanol–water partition coefficient (Wildman–Crippen LogP) is 3.25. The highest BCUT2D eigenvalue weighted by Gasteiger charge is 2.18. The molecule has 0 unspecified atom stereocenters. The van der Waals surface area contributed by atoms with E-state index in [2.05, 4.69) is 19.0 Å². The lowest BCUT2D eigenvalue weighted by Gasteiger charge is -2.12. The summed E-state index contributed by atoms with van der Waals surface area (Å²) in [5, 5.41) is 4.05. The maximum atomic E-state index is 5.64. The third-order valence-electron chi connectivity index (χ3n) is 2.66. The first-order chi connectivity index (χ1) is 6.70.